The first-order chi connectivity index (χ1) is 8.06. The van der Waals surface area contributed by atoms with Gasteiger partial charge in [0.25, 0.3) is 0 Å². The molecule has 2 aromatic rings. The van der Waals surface area contributed by atoms with E-state index >= 15 is 0 Å². The second-order valence-corrected chi connectivity index (χ2v) is 5.95. The number of nitrogens with two attached hydrogens (primary N) is 1. The van der Waals surface area contributed by atoms with Gasteiger partial charge in [-0.15, -0.1) is 0 Å². The van der Waals surface area contributed by atoms with Crippen molar-refractivity contribution < 1.29 is 8.42 Å². The zero-order valence-electron chi connectivity index (χ0n) is 9.55. The summed E-state index contributed by atoms with van der Waals surface area (Å²) in [5.41, 5.74) is 6.83. The minimum absolute atomic E-state index is 0.140. The van der Waals surface area contributed by atoms with Crippen LogP contribution in [-0.2, 0) is 9.84 Å². The smallest absolute Gasteiger partial charge is 0.179 e. The third-order valence-electron chi connectivity index (χ3n) is 2.57. The fourth-order valence-corrected chi connectivity index (χ4v) is 3.35. The van der Waals surface area contributed by atoms with Crippen LogP contribution >= 0.6 is 0 Å². The molecule has 4 nitrogen and oxygen atoms in total. The van der Waals surface area contributed by atoms with E-state index in [0.717, 1.165) is 0 Å². The molecule has 0 bridgehead atoms. The van der Waals surface area contributed by atoms with Crippen LogP contribution in [0.1, 0.15) is 13.3 Å². The number of pyridine rings is 1. The van der Waals surface area contributed by atoms with Gasteiger partial charge in [-0.1, -0.05) is 6.92 Å². The fraction of sp³-hybridized carbons (Fsp3) is 0.250. The molecule has 0 aliphatic carbocycles. The van der Waals surface area contributed by atoms with Crippen molar-refractivity contribution in [3.63, 3.8) is 0 Å². The predicted molar refractivity (Wildman–Crippen MR) is 68.5 cm³/mol. The molecule has 0 saturated carbocycles. The van der Waals surface area contributed by atoms with Crippen molar-refractivity contribution in [1.29, 1.82) is 0 Å². The van der Waals surface area contributed by atoms with E-state index < -0.39 is 9.84 Å². The number of nitrogens with zero attached hydrogens (tertiary/aromatic N) is 1. The van der Waals surface area contributed by atoms with E-state index in [1.165, 1.54) is 0 Å². The summed E-state index contributed by atoms with van der Waals surface area (Å²) in [6.07, 6.45) is 2.20. The average Bonchev–Trinajstić information content (AvgIpc) is 2.29. The predicted octanol–water partition coefficient (Wildman–Crippen LogP) is 2.00. The van der Waals surface area contributed by atoms with Gasteiger partial charge < -0.3 is 5.73 Å². The van der Waals surface area contributed by atoms with E-state index in [-0.39, 0.29) is 5.75 Å². The highest BCUT2D eigenvalue weighted by atomic mass is 32.2. The van der Waals surface area contributed by atoms with Gasteiger partial charge in [0.05, 0.1) is 21.9 Å². The average molecular weight is 250 g/mol. The SMILES string of the molecule is CCCS(=O)(=O)c1ccc(N)c2ncccc12. The van der Waals surface area contributed by atoms with E-state index in [1.54, 1.807) is 30.5 Å². The molecule has 0 spiro atoms. The molecule has 0 aliphatic rings. The van der Waals surface area contributed by atoms with Crippen LogP contribution in [0.4, 0.5) is 5.69 Å². The molecule has 0 fully saturated rings. The summed E-state index contributed by atoms with van der Waals surface area (Å²) in [5.74, 6) is 0.140. The minimum atomic E-state index is -3.25. The first-order valence-electron chi connectivity index (χ1n) is 5.42. The second-order valence-electron chi connectivity index (χ2n) is 3.87. The maximum Gasteiger partial charge on any atom is 0.179 e. The van der Waals surface area contributed by atoms with Gasteiger partial charge in [-0.3, -0.25) is 4.98 Å². The third kappa shape index (κ3) is 2.10. The van der Waals surface area contributed by atoms with Crippen LogP contribution in [-0.4, -0.2) is 19.2 Å². The third-order valence-corrected chi connectivity index (χ3v) is 4.54. The van der Waals surface area contributed by atoms with E-state index in [9.17, 15) is 8.42 Å². The summed E-state index contributed by atoms with van der Waals surface area (Å²) in [5, 5.41) is 0.598. The van der Waals surface area contributed by atoms with Gasteiger partial charge in [0.1, 0.15) is 0 Å². The van der Waals surface area contributed by atoms with E-state index in [2.05, 4.69) is 4.98 Å². The first-order valence-corrected chi connectivity index (χ1v) is 7.07. The summed E-state index contributed by atoms with van der Waals surface area (Å²) < 4.78 is 24.2. The van der Waals surface area contributed by atoms with Gasteiger partial charge in [-0.2, -0.15) is 0 Å². The lowest BCUT2D eigenvalue weighted by Gasteiger charge is -2.08. The largest absolute Gasteiger partial charge is 0.397 e. The highest BCUT2D eigenvalue weighted by molar-refractivity contribution is 7.91. The van der Waals surface area contributed by atoms with Crippen molar-refractivity contribution in [3.8, 4) is 0 Å². The van der Waals surface area contributed by atoms with E-state index in [0.29, 0.717) is 27.9 Å². The lowest BCUT2D eigenvalue weighted by Crippen LogP contribution is -2.07. The van der Waals surface area contributed by atoms with Crippen LogP contribution in [0.3, 0.4) is 0 Å². The van der Waals surface area contributed by atoms with Gasteiger partial charge in [0, 0.05) is 11.6 Å². The molecule has 1 aromatic carbocycles. The zero-order chi connectivity index (χ0) is 12.5. The van der Waals surface area contributed by atoms with Crippen LogP contribution < -0.4 is 5.73 Å². The van der Waals surface area contributed by atoms with Gasteiger partial charge >= 0.3 is 0 Å². The molecule has 0 unspecified atom stereocenters. The van der Waals surface area contributed by atoms with E-state index in [4.69, 9.17) is 5.73 Å². The fourth-order valence-electron chi connectivity index (χ4n) is 1.82. The molecule has 5 heteroatoms. The van der Waals surface area contributed by atoms with Crippen molar-refractivity contribution in [2.75, 3.05) is 11.5 Å². The highest BCUT2D eigenvalue weighted by Gasteiger charge is 2.17. The molecule has 1 aromatic heterocycles. The number of benzene rings is 1. The molecule has 0 radical (unpaired) electrons. The Hall–Kier alpha value is -1.62. The van der Waals surface area contributed by atoms with Crippen molar-refractivity contribution >= 4 is 26.4 Å². The van der Waals surface area contributed by atoms with Crippen LogP contribution in [0, 0.1) is 0 Å². The number of aromatic nitrogens is 1. The number of rotatable bonds is 3. The van der Waals surface area contributed by atoms with Crippen molar-refractivity contribution in [1.82, 2.24) is 4.98 Å². The van der Waals surface area contributed by atoms with Gasteiger partial charge in [0.15, 0.2) is 9.84 Å². The molecule has 17 heavy (non-hydrogen) atoms. The number of fused-ring (bicyclic) bond motifs is 1. The molecule has 0 amide bonds. The number of anilines is 1. The summed E-state index contributed by atoms with van der Waals surface area (Å²) in [6, 6.07) is 6.61. The monoisotopic (exact) mass is 250 g/mol. The van der Waals surface area contributed by atoms with Gasteiger partial charge in [-0.05, 0) is 30.7 Å². The van der Waals surface area contributed by atoms with Crippen molar-refractivity contribution in [2.45, 2.75) is 18.2 Å². The molecular formula is C12H14N2O2S. The Kier molecular flexibility index (Phi) is 3.02. The Balaban J connectivity index is 2.76. The van der Waals surface area contributed by atoms with Gasteiger partial charge in [0.2, 0.25) is 0 Å². The van der Waals surface area contributed by atoms with Crippen molar-refractivity contribution in [2.24, 2.45) is 0 Å². The van der Waals surface area contributed by atoms with Crippen LogP contribution in [0.25, 0.3) is 10.9 Å². The number of nitrogen functional groups attached to an aromatic ring is 1. The Labute approximate surface area is 100 Å². The Morgan fingerprint density at radius 2 is 2.06 bits per heavy atom. The Bertz CT molecular complexity index is 651. The Morgan fingerprint density at radius 1 is 1.29 bits per heavy atom. The normalized spacial score (nSPS) is 11.8. The standard InChI is InChI=1S/C12H14N2O2S/c1-2-8-17(15,16)11-6-5-10(13)12-9(11)4-3-7-14-12/h3-7H,2,8,13H2,1H3. The van der Waals surface area contributed by atoms with Crippen LogP contribution in [0.15, 0.2) is 35.4 Å². The van der Waals surface area contributed by atoms with Gasteiger partial charge in [-0.25, -0.2) is 8.42 Å². The molecule has 2 N–H and O–H groups in total. The summed E-state index contributed by atoms with van der Waals surface area (Å²) in [6.45, 7) is 1.84. The quantitative estimate of drug-likeness (QED) is 0.846. The van der Waals surface area contributed by atoms with E-state index in [1.807, 2.05) is 6.92 Å². The Morgan fingerprint density at radius 3 is 2.76 bits per heavy atom. The zero-order valence-corrected chi connectivity index (χ0v) is 10.4. The summed E-state index contributed by atoms with van der Waals surface area (Å²) in [4.78, 5) is 4.44. The molecule has 0 saturated heterocycles. The summed E-state index contributed by atoms with van der Waals surface area (Å²) >= 11 is 0. The highest BCUT2D eigenvalue weighted by Crippen LogP contribution is 2.26. The second kappa shape index (κ2) is 4.33. The maximum atomic E-state index is 12.1. The molecule has 0 atom stereocenters. The minimum Gasteiger partial charge on any atom is -0.397 e. The number of hydrogen-bond acceptors (Lipinski definition) is 4. The van der Waals surface area contributed by atoms with Crippen LogP contribution in [0.5, 0.6) is 0 Å². The summed E-state index contributed by atoms with van der Waals surface area (Å²) in [7, 11) is -3.25. The number of hydrogen-bond donors (Lipinski definition) is 1. The molecule has 1 heterocycles. The molecule has 0 aliphatic heterocycles. The number of sulfone groups is 1. The van der Waals surface area contributed by atoms with Crippen LogP contribution in [0.2, 0.25) is 0 Å². The lowest BCUT2D eigenvalue weighted by molar-refractivity contribution is 0.595. The maximum absolute atomic E-state index is 12.1. The first kappa shape index (κ1) is 11.9. The lowest BCUT2D eigenvalue weighted by atomic mass is 10.2. The molecular weight excluding hydrogens is 236 g/mol. The molecule has 2 rings (SSSR count). The van der Waals surface area contributed by atoms with Crippen molar-refractivity contribution in [3.05, 3.63) is 30.5 Å². The topological polar surface area (TPSA) is 73.0 Å². The molecule has 90 valence electrons.